The van der Waals surface area contributed by atoms with Crippen LogP contribution in [-0.4, -0.2) is 39.8 Å². The molecule has 0 radical (unpaired) electrons. The fraction of sp³-hybridized carbons (Fsp3) is 0.0345. The number of aromatic hydroxyl groups is 1. The lowest BCUT2D eigenvalue weighted by Gasteiger charge is -2.16. The quantitative estimate of drug-likeness (QED) is 0.310. The molecule has 2 amide bonds. The summed E-state index contributed by atoms with van der Waals surface area (Å²) < 4.78 is 16.8. The van der Waals surface area contributed by atoms with Gasteiger partial charge in [0.1, 0.15) is 11.3 Å². The van der Waals surface area contributed by atoms with Crippen LogP contribution < -0.4 is 14.4 Å². The van der Waals surface area contributed by atoms with Crippen molar-refractivity contribution in [1.82, 2.24) is 4.98 Å². The highest BCUT2D eigenvalue weighted by Gasteiger charge is 2.38. The summed E-state index contributed by atoms with van der Waals surface area (Å²) in [5, 5.41) is 19.8. The Morgan fingerprint density at radius 1 is 0.795 bits per heavy atom. The van der Waals surface area contributed by atoms with Crippen LogP contribution in [0.3, 0.4) is 0 Å². The van der Waals surface area contributed by atoms with E-state index in [0.717, 1.165) is 22.1 Å². The minimum Gasteiger partial charge on any atom is -0.506 e. The Hall–Kier alpha value is -5.64. The molecule has 190 valence electrons. The number of phenols is 1. The fourth-order valence-electron chi connectivity index (χ4n) is 4.73. The highest BCUT2D eigenvalue weighted by Crippen LogP contribution is 2.39. The van der Waals surface area contributed by atoms with Gasteiger partial charge in [0.25, 0.3) is 11.8 Å². The van der Waals surface area contributed by atoms with E-state index in [2.05, 4.69) is 4.98 Å². The van der Waals surface area contributed by atoms with Crippen LogP contribution in [0.5, 0.6) is 17.2 Å². The first kappa shape index (κ1) is 22.5. The zero-order valence-electron chi connectivity index (χ0n) is 19.9. The molecule has 10 heteroatoms. The Morgan fingerprint density at radius 3 is 2.38 bits per heavy atom. The number of carbonyl (C=O) groups excluding carboxylic acids is 2. The Balaban J connectivity index is 1.25. The lowest BCUT2D eigenvalue weighted by Crippen LogP contribution is -2.29. The molecule has 0 saturated carbocycles. The number of carboxylic acids is 1. The van der Waals surface area contributed by atoms with E-state index < -0.39 is 17.8 Å². The number of aromatic carboxylic acids is 1. The van der Waals surface area contributed by atoms with E-state index in [4.69, 9.17) is 13.9 Å². The molecule has 0 spiro atoms. The number of ether oxygens (including phenoxy) is 2. The van der Waals surface area contributed by atoms with Gasteiger partial charge in [-0.2, -0.15) is 0 Å². The number of hydrogen-bond donors (Lipinski definition) is 2. The average molecular weight is 520 g/mol. The van der Waals surface area contributed by atoms with Crippen LogP contribution in [0, 0.1) is 0 Å². The smallest absolute Gasteiger partial charge is 0.335 e. The van der Waals surface area contributed by atoms with E-state index in [-0.39, 0.29) is 40.8 Å². The number of oxazole rings is 1. The second kappa shape index (κ2) is 8.18. The van der Waals surface area contributed by atoms with Crippen LogP contribution in [0.25, 0.3) is 33.7 Å². The largest absolute Gasteiger partial charge is 0.506 e. The molecule has 0 aliphatic carbocycles. The molecule has 7 rings (SSSR count). The average Bonchev–Trinajstić information content (AvgIpc) is 3.65. The molecular weight excluding hydrogens is 504 g/mol. The topological polar surface area (TPSA) is 139 Å². The normalized spacial score (nSPS) is 13.8. The zero-order chi connectivity index (χ0) is 26.8. The number of nitrogens with zero attached hydrogens (tertiary/aromatic N) is 2. The zero-order valence-corrected chi connectivity index (χ0v) is 19.9. The Kier molecular flexibility index (Phi) is 4.73. The van der Waals surface area contributed by atoms with Gasteiger partial charge >= 0.3 is 5.97 Å². The number of amides is 2. The van der Waals surface area contributed by atoms with Gasteiger partial charge in [-0.1, -0.05) is 12.1 Å². The standard InChI is InChI=1S/C29H16N2O8/c32-22-6-2-16(11-21(22)31-27(33)18-5-1-17(29(35)36)9-19(18)28(31)34)26-30-20-10-14(3-7-23(20)39-26)15-4-8-24-25(12-15)38-13-37-24/h1-12,32H,13H2,(H,35,36). The van der Waals surface area contributed by atoms with Gasteiger partial charge in [0.2, 0.25) is 12.7 Å². The van der Waals surface area contributed by atoms with Gasteiger partial charge in [-0.15, -0.1) is 0 Å². The van der Waals surface area contributed by atoms with E-state index in [9.17, 15) is 24.6 Å². The third kappa shape index (κ3) is 3.50. The first-order valence-corrected chi connectivity index (χ1v) is 11.8. The number of phenolic OH excluding ortho intramolecular Hbond substituents is 1. The highest BCUT2D eigenvalue weighted by atomic mass is 16.7. The predicted octanol–water partition coefficient (Wildman–Crippen LogP) is 5.09. The molecule has 10 nitrogen and oxygen atoms in total. The number of anilines is 1. The van der Waals surface area contributed by atoms with Crippen LogP contribution in [-0.2, 0) is 0 Å². The Bertz CT molecular complexity index is 1890. The molecule has 1 aromatic heterocycles. The lowest BCUT2D eigenvalue weighted by molar-refractivity contribution is 0.0696. The van der Waals surface area contributed by atoms with Crippen LogP contribution in [0.15, 0.2) is 77.2 Å². The van der Waals surface area contributed by atoms with Gasteiger partial charge in [-0.25, -0.2) is 14.7 Å². The Morgan fingerprint density at radius 2 is 1.54 bits per heavy atom. The maximum Gasteiger partial charge on any atom is 0.335 e. The summed E-state index contributed by atoms with van der Waals surface area (Å²) in [6.07, 6.45) is 0. The van der Waals surface area contributed by atoms with Gasteiger partial charge in [0.15, 0.2) is 17.1 Å². The number of fused-ring (bicyclic) bond motifs is 3. The summed E-state index contributed by atoms with van der Waals surface area (Å²) in [7, 11) is 0. The molecule has 2 N–H and O–H groups in total. The Labute approximate surface area is 219 Å². The van der Waals surface area contributed by atoms with E-state index >= 15 is 0 Å². The second-order valence-electron chi connectivity index (χ2n) is 8.98. The van der Waals surface area contributed by atoms with Crippen LogP contribution in [0.4, 0.5) is 5.69 Å². The van der Waals surface area contributed by atoms with Gasteiger partial charge in [-0.05, 0) is 71.8 Å². The van der Waals surface area contributed by atoms with Crippen molar-refractivity contribution in [3.63, 3.8) is 0 Å². The molecule has 2 aliphatic rings. The van der Waals surface area contributed by atoms with Gasteiger partial charge in [-0.3, -0.25) is 9.59 Å². The fourth-order valence-corrected chi connectivity index (χ4v) is 4.73. The first-order valence-electron chi connectivity index (χ1n) is 11.8. The molecule has 39 heavy (non-hydrogen) atoms. The first-order chi connectivity index (χ1) is 18.9. The van der Waals surface area contributed by atoms with E-state index in [1.807, 2.05) is 30.3 Å². The highest BCUT2D eigenvalue weighted by molar-refractivity contribution is 6.35. The van der Waals surface area contributed by atoms with Crippen molar-refractivity contribution in [2.24, 2.45) is 0 Å². The molecule has 0 saturated heterocycles. The number of aromatic nitrogens is 1. The number of carboxylic acid groups (broad SMARTS) is 1. The van der Waals surface area contributed by atoms with Crippen molar-refractivity contribution >= 4 is 34.6 Å². The number of carbonyl (C=O) groups is 3. The van der Waals surface area contributed by atoms with Gasteiger partial charge in [0, 0.05) is 5.56 Å². The summed E-state index contributed by atoms with van der Waals surface area (Å²) in [4.78, 5) is 42.9. The van der Waals surface area contributed by atoms with Crippen LogP contribution >= 0.6 is 0 Å². The van der Waals surface area contributed by atoms with Crippen LogP contribution in [0.1, 0.15) is 31.1 Å². The summed E-state index contributed by atoms with van der Waals surface area (Å²) in [5.41, 5.74) is 3.12. The summed E-state index contributed by atoms with van der Waals surface area (Å²) in [6.45, 7) is 0.184. The molecule has 4 aromatic carbocycles. The van der Waals surface area contributed by atoms with E-state index in [0.29, 0.717) is 28.2 Å². The van der Waals surface area contributed by atoms with Crippen molar-refractivity contribution in [2.75, 3.05) is 11.7 Å². The van der Waals surface area contributed by atoms with Crippen molar-refractivity contribution in [3.8, 4) is 39.8 Å². The third-order valence-corrected chi connectivity index (χ3v) is 6.69. The lowest BCUT2D eigenvalue weighted by atomic mass is 10.0. The molecular formula is C29H16N2O8. The summed E-state index contributed by atoms with van der Waals surface area (Å²) in [6, 6.07) is 19.2. The van der Waals surface area contributed by atoms with E-state index in [1.165, 1.54) is 24.3 Å². The second-order valence-corrected chi connectivity index (χ2v) is 8.98. The van der Waals surface area contributed by atoms with Crippen molar-refractivity contribution in [3.05, 3.63) is 89.5 Å². The minimum atomic E-state index is -1.22. The summed E-state index contributed by atoms with van der Waals surface area (Å²) >= 11 is 0. The van der Waals surface area contributed by atoms with Crippen LogP contribution in [0.2, 0.25) is 0 Å². The minimum absolute atomic E-state index is 0.0488. The summed E-state index contributed by atoms with van der Waals surface area (Å²) in [5.74, 6) is -1.38. The molecule has 0 fully saturated rings. The number of benzene rings is 4. The maximum absolute atomic E-state index is 13.1. The molecule has 3 heterocycles. The molecule has 0 unspecified atom stereocenters. The van der Waals surface area contributed by atoms with Crippen molar-refractivity contribution in [1.29, 1.82) is 0 Å². The van der Waals surface area contributed by atoms with Gasteiger partial charge < -0.3 is 24.1 Å². The molecule has 2 aliphatic heterocycles. The number of rotatable bonds is 4. The number of imide groups is 1. The third-order valence-electron chi connectivity index (χ3n) is 6.69. The van der Waals surface area contributed by atoms with Crippen molar-refractivity contribution in [2.45, 2.75) is 0 Å². The SMILES string of the molecule is O=C(O)c1ccc2c(c1)C(=O)N(c1cc(-c3nc4cc(-c5ccc6c(c5)OCO6)ccc4o3)ccc1O)C2=O. The molecule has 0 bridgehead atoms. The predicted molar refractivity (Wildman–Crippen MR) is 137 cm³/mol. The van der Waals surface area contributed by atoms with Gasteiger partial charge in [0.05, 0.1) is 22.4 Å². The van der Waals surface area contributed by atoms with E-state index in [1.54, 1.807) is 12.1 Å². The maximum atomic E-state index is 13.1. The number of hydrogen-bond acceptors (Lipinski definition) is 8. The van der Waals surface area contributed by atoms with Crippen molar-refractivity contribution < 1.29 is 38.5 Å². The molecule has 0 atom stereocenters. The molecule has 5 aromatic rings. The monoisotopic (exact) mass is 520 g/mol.